The summed E-state index contributed by atoms with van der Waals surface area (Å²) < 4.78 is 13.2. The van der Waals surface area contributed by atoms with Crippen LogP contribution in [0.1, 0.15) is 54.2 Å². The van der Waals surface area contributed by atoms with Gasteiger partial charge in [-0.25, -0.2) is 0 Å². The van der Waals surface area contributed by atoms with Gasteiger partial charge < -0.3 is 24.3 Å². The summed E-state index contributed by atoms with van der Waals surface area (Å²) in [5.74, 6) is 1.02. The zero-order valence-electron chi connectivity index (χ0n) is 20.9. The first kappa shape index (κ1) is 23.3. The number of carbonyl (C=O) groups excluding carboxylic acids is 2. The number of methoxy groups -OCH3 is 2. The Kier molecular flexibility index (Phi) is 5.95. The number of benzene rings is 2. The Morgan fingerprint density at radius 2 is 1.77 bits per heavy atom. The zero-order chi connectivity index (χ0) is 24.7. The maximum Gasteiger partial charge on any atom is 0.271 e. The van der Waals surface area contributed by atoms with Crippen LogP contribution in [0.3, 0.4) is 0 Å². The number of carbonyl (C=O) groups is 2. The number of ether oxygens (including phenoxy) is 2. The molecule has 184 valence electrons. The predicted molar refractivity (Wildman–Crippen MR) is 135 cm³/mol. The van der Waals surface area contributed by atoms with Crippen molar-refractivity contribution in [3.63, 3.8) is 0 Å². The van der Waals surface area contributed by atoms with Crippen molar-refractivity contribution in [2.75, 3.05) is 14.2 Å². The minimum Gasteiger partial charge on any atom is -0.496 e. The Bertz CT molecular complexity index is 1290. The molecule has 5 rings (SSSR count). The van der Waals surface area contributed by atoms with Crippen LogP contribution in [-0.2, 0) is 17.9 Å². The van der Waals surface area contributed by atoms with E-state index in [9.17, 15) is 9.59 Å². The maximum absolute atomic E-state index is 14.1. The lowest BCUT2D eigenvalue weighted by Crippen LogP contribution is -2.64. The summed E-state index contributed by atoms with van der Waals surface area (Å²) in [6.07, 6.45) is 4.21. The molecular formula is C28H33N3O4. The molecule has 1 N–H and O–H groups in total. The van der Waals surface area contributed by atoms with Crippen LogP contribution in [0.15, 0.2) is 42.5 Å². The van der Waals surface area contributed by atoms with Crippen LogP contribution in [-0.4, -0.2) is 47.1 Å². The zero-order valence-corrected chi connectivity index (χ0v) is 20.9. The summed E-state index contributed by atoms with van der Waals surface area (Å²) in [4.78, 5) is 29.7. The van der Waals surface area contributed by atoms with Crippen LogP contribution in [0.5, 0.6) is 11.5 Å². The molecule has 7 nitrogen and oxygen atoms in total. The number of hydrogen-bond acceptors (Lipinski definition) is 4. The van der Waals surface area contributed by atoms with Gasteiger partial charge in [-0.1, -0.05) is 37.1 Å². The van der Waals surface area contributed by atoms with E-state index in [1.54, 1.807) is 19.1 Å². The van der Waals surface area contributed by atoms with Crippen LogP contribution in [0.2, 0.25) is 0 Å². The molecule has 2 heterocycles. The van der Waals surface area contributed by atoms with Crippen molar-refractivity contribution in [3.05, 3.63) is 59.3 Å². The molecule has 1 aliphatic carbocycles. The second-order valence-electron chi connectivity index (χ2n) is 9.89. The molecule has 0 radical (unpaired) electrons. The number of rotatable bonds is 6. The van der Waals surface area contributed by atoms with Gasteiger partial charge >= 0.3 is 0 Å². The normalized spacial score (nSPS) is 20.2. The molecule has 1 atom stereocenters. The van der Waals surface area contributed by atoms with E-state index in [0.717, 1.165) is 47.7 Å². The fraction of sp³-hybridized carbons (Fsp3) is 0.429. The molecule has 0 spiro atoms. The van der Waals surface area contributed by atoms with Gasteiger partial charge in [-0.05, 0) is 56.0 Å². The third-order valence-corrected chi connectivity index (χ3v) is 7.72. The number of hydrogen-bond donors (Lipinski definition) is 1. The highest BCUT2D eigenvalue weighted by Crippen LogP contribution is 2.40. The van der Waals surface area contributed by atoms with Crippen LogP contribution in [0.4, 0.5) is 0 Å². The highest BCUT2D eigenvalue weighted by molar-refractivity contribution is 6.06. The van der Waals surface area contributed by atoms with Crippen molar-refractivity contribution in [2.45, 2.75) is 64.2 Å². The summed E-state index contributed by atoms with van der Waals surface area (Å²) in [6, 6.07) is 13.7. The smallest absolute Gasteiger partial charge is 0.271 e. The Labute approximate surface area is 206 Å². The van der Waals surface area contributed by atoms with Gasteiger partial charge in [0, 0.05) is 18.0 Å². The highest BCUT2D eigenvalue weighted by atomic mass is 16.5. The molecule has 0 bridgehead atoms. The van der Waals surface area contributed by atoms with Gasteiger partial charge in [-0.2, -0.15) is 0 Å². The summed E-state index contributed by atoms with van der Waals surface area (Å²) in [5.41, 5.74) is 2.34. The lowest BCUT2D eigenvalue weighted by Gasteiger charge is -2.44. The summed E-state index contributed by atoms with van der Waals surface area (Å²) in [6.45, 7) is 4.60. The van der Waals surface area contributed by atoms with E-state index < -0.39 is 5.54 Å². The Hall–Kier alpha value is -3.48. The van der Waals surface area contributed by atoms with Crippen molar-refractivity contribution in [1.82, 2.24) is 14.8 Å². The van der Waals surface area contributed by atoms with E-state index in [4.69, 9.17) is 9.47 Å². The topological polar surface area (TPSA) is 72.8 Å². The number of aryl methyl sites for hydroxylation is 1. The third kappa shape index (κ3) is 3.83. The molecule has 3 aromatic rings. The number of fused-ring (bicyclic) bond motifs is 3. The van der Waals surface area contributed by atoms with Gasteiger partial charge in [-0.3, -0.25) is 9.59 Å². The molecule has 2 aromatic carbocycles. The first-order valence-electron chi connectivity index (χ1n) is 12.3. The minimum absolute atomic E-state index is 0.110. The number of aromatic nitrogens is 1. The molecule has 0 saturated heterocycles. The standard InChI is InChI=1S/C28H33N3O4/c1-18-9-5-6-10-19(18)16-31-26(32)22-15-21-23(34-3)13-14-24(35-4)25(21)30(22)17-28(31,2)27(33)29-20-11-7-8-12-20/h5-6,9-10,13-15,20H,7-8,11-12,16-17H2,1-4H3,(H,29,33)/t28-/m0/s1. The average molecular weight is 476 g/mol. The summed E-state index contributed by atoms with van der Waals surface area (Å²) >= 11 is 0. The van der Waals surface area contributed by atoms with Crippen LogP contribution >= 0.6 is 0 Å². The molecule has 1 aromatic heterocycles. The molecule has 2 aliphatic rings. The van der Waals surface area contributed by atoms with E-state index in [1.807, 2.05) is 60.9 Å². The molecular weight excluding hydrogens is 442 g/mol. The van der Waals surface area contributed by atoms with Crippen molar-refractivity contribution in [3.8, 4) is 11.5 Å². The van der Waals surface area contributed by atoms with Gasteiger partial charge in [0.2, 0.25) is 5.91 Å². The number of nitrogens with zero attached hydrogens (tertiary/aromatic N) is 2. The van der Waals surface area contributed by atoms with Gasteiger partial charge in [0.15, 0.2) is 0 Å². The average Bonchev–Trinajstić information content (AvgIpc) is 3.50. The van der Waals surface area contributed by atoms with E-state index >= 15 is 0 Å². The molecule has 1 aliphatic heterocycles. The minimum atomic E-state index is -1.07. The van der Waals surface area contributed by atoms with Gasteiger partial charge in [0.1, 0.15) is 22.7 Å². The van der Waals surface area contributed by atoms with Crippen molar-refractivity contribution in [1.29, 1.82) is 0 Å². The largest absolute Gasteiger partial charge is 0.496 e. The van der Waals surface area contributed by atoms with Crippen molar-refractivity contribution >= 4 is 22.7 Å². The predicted octanol–water partition coefficient (Wildman–Crippen LogP) is 4.44. The first-order valence-corrected chi connectivity index (χ1v) is 12.3. The first-order chi connectivity index (χ1) is 16.9. The highest BCUT2D eigenvalue weighted by Gasteiger charge is 2.48. The van der Waals surface area contributed by atoms with E-state index in [1.165, 1.54) is 0 Å². The van der Waals surface area contributed by atoms with E-state index in [0.29, 0.717) is 30.3 Å². The Morgan fingerprint density at radius 1 is 1.09 bits per heavy atom. The lowest BCUT2D eigenvalue weighted by molar-refractivity contribution is -0.133. The third-order valence-electron chi connectivity index (χ3n) is 7.72. The molecule has 7 heteroatoms. The number of amides is 2. The van der Waals surface area contributed by atoms with E-state index in [2.05, 4.69) is 5.32 Å². The maximum atomic E-state index is 14.1. The summed E-state index contributed by atoms with van der Waals surface area (Å²) in [7, 11) is 3.23. The second kappa shape index (κ2) is 8.95. The van der Waals surface area contributed by atoms with Crippen LogP contribution in [0, 0.1) is 6.92 Å². The quantitative estimate of drug-likeness (QED) is 0.572. The van der Waals surface area contributed by atoms with Gasteiger partial charge in [0.25, 0.3) is 5.91 Å². The number of nitrogens with one attached hydrogen (secondary N) is 1. The molecule has 2 amide bonds. The fourth-order valence-corrected chi connectivity index (χ4v) is 5.57. The molecule has 35 heavy (non-hydrogen) atoms. The lowest BCUT2D eigenvalue weighted by atomic mass is 9.92. The molecule has 1 fully saturated rings. The van der Waals surface area contributed by atoms with Gasteiger partial charge in [-0.15, -0.1) is 0 Å². The van der Waals surface area contributed by atoms with Crippen molar-refractivity contribution < 1.29 is 19.1 Å². The van der Waals surface area contributed by atoms with Crippen LogP contribution < -0.4 is 14.8 Å². The second-order valence-corrected chi connectivity index (χ2v) is 9.89. The van der Waals surface area contributed by atoms with E-state index in [-0.39, 0.29) is 17.9 Å². The molecule has 1 saturated carbocycles. The van der Waals surface area contributed by atoms with Crippen LogP contribution in [0.25, 0.3) is 10.9 Å². The fourth-order valence-electron chi connectivity index (χ4n) is 5.57. The monoisotopic (exact) mass is 475 g/mol. The summed E-state index contributed by atoms with van der Waals surface area (Å²) in [5, 5.41) is 4.06. The SMILES string of the molecule is COc1ccc(OC)c2c1cc1n2C[C@@](C)(C(=O)NC2CCCC2)N(Cc2ccccc2C)C1=O. The Balaban J connectivity index is 1.65. The van der Waals surface area contributed by atoms with Gasteiger partial charge in [0.05, 0.1) is 26.3 Å². The molecule has 0 unspecified atom stereocenters. The van der Waals surface area contributed by atoms with Crippen molar-refractivity contribution in [2.24, 2.45) is 0 Å². The Morgan fingerprint density at radius 3 is 2.46 bits per heavy atom.